The predicted molar refractivity (Wildman–Crippen MR) is 190 cm³/mol. The standard InChI is InChI=1S/C37H33ClN6O3S/c1-37(2,3)47-35(46)32-26(25-19-39-44(21-25)20-23-9-5-4-6-10-23)15-16-31(41-32)43-18-17-24-11-7-12-27(28(24)22-43)34(45)42-36-40-30-14-8-13-29(38)33(30)48-36/h4-16,19,21H,17-18,20,22H2,1-3H3,(H,40,42,45). The molecule has 9 nitrogen and oxygen atoms in total. The van der Waals surface area contributed by atoms with Crippen LogP contribution in [0.15, 0.2) is 91.3 Å². The van der Waals surface area contributed by atoms with E-state index in [1.54, 1.807) is 6.20 Å². The predicted octanol–water partition coefficient (Wildman–Crippen LogP) is 8.03. The van der Waals surface area contributed by atoms with Gasteiger partial charge in [-0.3, -0.25) is 14.8 Å². The molecule has 0 spiro atoms. The Labute approximate surface area is 287 Å². The molecule has 0 fully saturated rings. The monoisotopic (exact) mass is 676 g/mol. The normalized spacial score (nSPS) is 13.0. The van der Waals surface area contributed by atoms with E-state index in [-0.39, 0.29) is 11.6 Å². The lowest BCUT2D eigenvalue weighted by Gasteiger charge is -2.31. The minimum atomic E-state index is -0.704. The number of hydrogen-bond donors (Lipinski definition) is 1. The second-order valence-corrected chi connectivity index (χ2v) is 14.1. The van der Waals surface area contributed by atoms with Crippen molar-refractivity contribution in [1.82, 2.24) is 19.7 Å². The number of nitrogens with zero attached hydrogens (tertiary/aromatic N) is 5. The highest BCUT2D eigenvalue weighted by molar-refractivity contribution is 7.23. The number of aromatic nitrogens is 4. The number of amides is 1. The lowest BCUT2D eigenvalue weighted by molar-refractivity contribution is 0.00638. The van der Waals surface area contributed by atoms with Gasteiger partial charge in [-0.15, -0.1) is 0 Å². The Morgan fingerprint density at radius 3 is 2.58 bits per heavy atom. The molecule has 0 saturated heterocycles. The first-order valence-corrected chi connectivity index (χ1v) is 16.8. The summed E-state index contributed by atoms with van der Waals surface area (Å²) in [6, 6.07) is 25.2. The molecule has 3 aromatic heterocycles. The maximum atomic E-state index is 13.6. The molecule has 7 rings (SSSR count). The second-order valence-electron chi connectivity index (χ2n) is 12.7. The fourth-order valence-electron chi connectivity index (χ4n) is 5.82. The molecule has 1 aliphatic heterocycles. The van der Waals surface area contributed by atoms with Gasteiger partial charge in [0.05, 0.1) is 28.0 Å². The van der Waals surface area contributed by atoms with Gasteiger partial charge in [-0.25, -0.2) is 14.8 Å². The number of pyridine rings is 1. The Bertz CT molecular complexity index is 2150. The molecule has 0 unspecified atom stereocenters. The van der Waals surface area contributed by atoms with E-state index in [4.69, 9.17) is 21.3 Å². The third-order valence-electron chi connectivity index (χ3n) is 8.03. The Kier molecular flexibility index (Phi) is 8.45. The van der Waals surface area contributed by atoms with Gasteiger partial charge in [-0.1, -0.05) is 71.5 Å². The van der Waals surface area contributed by atoms with Crippen molar-refractivity contribution >= 4 is 56.0 Å². The van der Waals surface area contributed by atoms with Gasteiger partial charge in [-0.05, 0) is 74.2 Å². The molecule has 1 amide bonds. The SMILES string of the molecule is CC(C)(C)OC(=O)c1nc(N2CCc3cccc(C(=O)Nc4nc5cccc(Cl)c5s4)c3C2)ccc1-c1cnn(Cc2ccccc2)c1. The van der Waals surface area contributed by atoms with Crippen LogP contribution in [0.4, 0.5) is 10.9 Å². The summed E-state index contributed by atoms with van der Waals surface area (Å²) in [5.74, 6) is -0.129. The number of ether oxygens (including phenoxy) is 1. The highest BCUT2D eigenvalue weighted by Crippen LogP contribution is 2.34. The lowest BCUT2D eigenvalue weighted by Crippen LogP contribution is -2.33. The molecule has 11 heteroatoms. The lowest BCUT2D eigenvalue weighted by atomic mass is 9.94. The number of nitrogens with one attached hydrogen (secondary N) is 1. The largest absolute Gasteiger partial charge is 0.455 e. The third-order valence-corrected chi connectivity index (χ3v) is 9.48. The van der Waals surface area contributed by atoms with Crippen LogP contribution in [-0.2, 0) is 24.2 Å². The number of esters is 1. The van der Waals surface area contributed by atoms with Crippen molar-refractivity contribution in [3.8, 4) is 11.1 Å². The number of hydrogen-bond acceptors (Lipinski definition) is 8. The van der Waals surface area contributed by atoms with E-state index in [1.165, 1.54) is 11.3 Å². The van der Waals surface area contributed by atoms with E-state index >= 15 is 0 Å². The Balaban J connectivity index is 1.17. The molecule has 1 aliphatic rings. The van der Waals surface area contributed by atoms with Gasteiger partial charge in [0.15, 0.2) is 10.8 Å². The van der Waals surface area contributed by atoms with E-state index in [1.807, 2.05) is 104 Å². The van der Waals surface area contributed by atoms with Crippen LogP contribution in [0.2, 0.25) is 5.02 Å². The number of benzene rings is 3. The van der Waals surface area contributed by atoms with E-state index in [2.05, 4.69) is 26.4 Å². The summed E-state index contributed by atoms with van der Waals surface area (Å²) in [6.07, 6.45) is 4.37. The molecule has 0 aliphatic carbocycles. The van der Waals surface area contributed by atoms with E-state index < -0.39 is 11.6 Å². The Hall–Kier alpha value is -5.06. The molecule has 4 heterocycles. The molecular weight excluding hydrogens is 644 g/mol. The molecule has 242 valence electrons. The van der Waals surface area contributed by atoms with Gasteiger partial charge in [0.1, 0.15) is 11.4 Å². The van der Waals surface area contributed by atoms with Crippen LogP contribution in [0, 0.1) is 0 Å². The van der Waals surface area contributed by atoms with Crippen LogP contribution in [0.25, 0.3) is 21.3 Å². The van der Waals surface area contributed by atoms with Crippen LogP contribution < -0.4 is 10.2 Å². The minimum Gasteiger partial charge on any atom is -0.455 e. The van der Waals surface area contributed by atoms with Crippen molar-refractivity contribution in [2.45, 2.75) is 45.9 Å². The summed E-state index contributed by atoms with van der Waals surface area (Å²) in [5.41, 5.74) is 5.35. The summed E-state index contributed by atoms with van der Waals surface area (Å²) in [7, 11) is 0. The zero-order valence-corrected chi connectivity index (χ0v) is 28.3. The number of fused-ring (bicyclic) bond motifs is 2. The zero-order chi connectivity index (χ0) is 33.4. The summed E-state index contributed by atoms with van der Waals surface area (Å²) in [5, 5.41) is 8.61. The third kappa shape index (κ3) is 6.67. The molecule has 6 aromatic rings. The molecule has 0 atom stereocenters. The van der Waals surface area contributed by atoms with Gasteiger partial charge in [0, 0.05) is 36.0 Å². The second kappa shape index (κ2) is 12.9. The topological polar surface area (TPSA) is 102 Å². The maximum Gasteiger partial charge on any atom is 0.358 e. The Morgan fingerprint density at radius 2 is 1.79 bits per heavy atom. The van der Waals surface area contributed by atoms with Crippen LogP contribution in [0.1, 0.15) is 58.3 Å². The summed E-state index contributed by atoms with van der Waals surface area (Å²) >= 11 is 7.69. The fraction of sp³-hybridized carbons (Fsp3) is 0.216. The fourth-order valence-corrected chi connectivity index (χ4v) is 6.97. The Morgan fingerprint density at radius 1 is 0.979 bits per heavy atom. The van der Waals surface area contributed by atoms with E-state index in [9.17, 15) is 9.59 Å². The molecule has 3 aromatic carbocycles. The number of thiazole rings is 1. The average Bonchev–Trinajstić information content (AvgIpc) is 3.71. The maximum absolute atomic E-state index is 13.6. The first kappa shape index (κ1) is 31.5. The molecule has 0 saturated carbocycles. The van der Waals surface area contributed by atoms with Crippen LogP contribution >= 0.6 is 22.9 Å². The van der Waals surface area contributed by atoms with Crippen molar-refractivity contribution in [1.29, 1.82) is 0 Å². The van der Waals surface area contributed by atoms with Crippen LogP contribution in [0.5, 0.6) is 0 Å². The quantitative estimate of drug-likeness (QED) is 0.171. The smallest absolute Gasteiger partial charge is 0.358 e. The van der Waals surface area contributed by atoms with Crippen molar-refractivity contribution < 1.29 is 14.3 Å². The molecule has 48 heavy (non-hydrogen) atoms. The highest BCUT2D eigenvalue weighted by atomic mass is 35.5. The first-order valence-electron chi connectivity index (χ1n) is 15.6. The summed E-state index contributed by atoms with van der Waals surface area (Å²) in [6.45, 7) is 7.23. The number of rotatable bonds is 7. The van der Waals surface area contributed by atoms with Crippen molar-refractivity contribution in [3.63, 3.8) is 0 Å². The number of carbonyl (C=O) groups is 2. The number of anilines is 2. The van der Waals surface area contributed by atoms with Gasteiger partial charge < -0.3 is 9.64 Å². The van der Waals surface area contributed by atoms with E-state index in [0.717, 1.165) is 32.5 Å². The number of halogens is 1. The molecule has 1 N–H and O–H groups in total. The van der Waals surface area contributed by atoms with Gasteiger partial charge >= 0.3 is 5.97 Å². The minimum absolute atomic E-state index is 0.216. The molecular formula is C37H33ClN6O3S. The molecule has 0 radical (unpaired) electrons. The highest BCUT2D eigenvalue weighted by Gasteiger charge is 2.27. The number of carbonyl (C=O) groups excluding carboxylic acids is 2. The van der Waals surface area contributed by atoms with Crippen molar-refractivity contribution in [2.24, 2.45) is 0 Å². The summed E-state index contributed by atoms with van der Waals surface area (Å²) < 4.78 is 8.48. The zero-order valence-electron chi connectivity index (χ0n) is 26.7. The van der Waals surface area contributed by atoms with Gasteiger partial charge in [0.25, 0.3) is 5.91 Å². The summed E-state index contributed by atoms with van der Waals surface area (Å²) in [4.78, 5) is 38.7. The van der Waals surface area contributed by atoms with Crippen LogP contribution in [-0.4, -0.2) is 43.8 Å². The first-order chi connectivity index (χ1) is 23.1. The van der Waals surface area contributed by atoms with Gasteiger partial charge in [0.2, 0.25) is 0 Å². The van der Waals surface area contributed by atoms with Gasteiger partial charge in [-0.2, -0.15) is 5.10 Å². The van der Waals surface area contributed by atoms with Crippen LogP contribution in [0.3, 0.4) is 0 Å². The van der Waals surface area contributed by atoms with Crippen molar-refractivity contribution in [2.75, 3.05) is 16.8 Å². The molecule has 0 bridgehead atoms. The van der Waals surface area contributed by atoms with E-state index in [0.29, 0.717) is 53.2 Å². The van der Waals surface area contributed by atoms with Crippen molar-refractivity contribution in [3.05, 3.63) is 124 Å². The average molecular weight is 677 g/mol.